The molecule has 25 heavy (non-hydrogen) atoms. The maximum absolute atomic E-state index is 4.45. The van der Waals surface area contributed by atoms with E-state index in [-0.39, 0.29) is 24.0 Å². The Kier molecular flexibility index (Phi) is 7.67. The smallest absolute Gasteiger partial charge is 0.193 e. The summed E-state index contributed by atoms with van der Waals surface area (Å²) in [7, 11) is 1.85. The van der Waals surface area contributed by atoms with Crippen LogP contribution in [-0.4, -0.2) is 52.3 Å². The van der Waals surface area contributed by atoms with E-state index < -0.39 is 0 Å². The quantitative estimate of drug-likeness (QED) is 0.439. The predicted octanol–water partition coefficient (Wildman–Crippen LogP) is 2.60. The van der Waals surface area contributed by atoms with Gasteiger partial charge in [-0.1, -0.05) is 37.3 Å². The third-order valence-corrected chi connectivity index (χ3v) is 4.73. The fraction of sp³-hybridized carbons (Fsp3) is 0.500. The first-order chi connectivity index (χ1) is 11.8. The average Bonchev–Trinajstić information content (AvgIpc) is 3.13. The first-order valence-corrected chi connectivity index (χ1v) is 8.61. The first kappa shape index (κ1) is 19.7. The van der Waals surface area contributed by atoms with Crippen LogP contribution in [-0.2, 0) is 6.54 Å². The van der Waals surface area contributed by atoms with Crippen LogP contribution in [0.1, 0.15) is 24.8 Å². The molecule has 0 aliphatic carbocycles. The van der Waals surface area contributed by atoms with Crippen LogP contribution in [0.25, 0.3) is 0 Å². The zero-order chi connectivity index (χ0) is 16.8. The van der Waals surface area contributed by atoms with Gasteiger partial charge in [-0.15, -0.1) is 24.0 Å². The molecule has 1 aliphatic heterocycles. The number of hydrogen-bond donors (Lipinski definition) is 1. The molecule has 1 aromatic heterocycles. The number of aromatic nitrogens is 3. The van der Waals surface area contributed by atoms with E-state index in [1.54, 1.807) is 12.7 Å². The SMILES string of the molecule is CN=C(NCCn1cncn1)N1CCC(c2ccccc2)C(C)C1.I. The minimum atomic E-state index is 0. The van der Waals surface area contributed by atoms with Crippen LogP contribution in [0.15, 0.2) is 48.0 Å². The molecule has 1 N–H and O–H groups in total. The average molecular weight is 454 g/mol. The van der Waals surface area contributed by atoms with Gasteiger partial charge in [0.2, 0.25) is 0 Å². The highest BCUT2D eigenvalue weighted by Gasteiger charge is 2.28. The summed E-state index contributed by atoms with van der Waals surface area (Å²) in [5.74, 6) is 2.22. The Hall–Kier alpha value is -1.64. The Morgan fingerprint density at radius 1 is 1.32 bits per heavy atom. The molecule has 1 fully saturated rings. The number of nitrogens with one attached hydrogen (secondary N) is 1. The van der Waals surface area contributed by atoms with Gasteiger partial charge in [-0.05, 0) is 23.8 Å². The predicted molar refractivity (Wildman–Crippen MR) is 111 cm³/mol. The molecule has 0 bridgehead atoms. The number of benzene rings is 1. The van der Waals surface area contributed by atoms with E-state index >= 15 is 0 Å². The van der Waals surface area contributed by atoms with Crippen molar-refractivity contribution in [3.63, 3.8) is 0 Å². The van der Waals surface area contributed by atoms with Crippen LogP contribution in [0.3, 0.4) is 0 Å². The number of hydrogen-bond acceptors (Lipinski definition) is 3. The summed E-state index contributed by atoms with van der Waals surface area (Å²) in [6, 6.07) is 10.9. The van der Waals surface area contributed by atoms with E-state index in [1.807, 2.05) is 11.7 Å². The number of guanidine groups is 1. The molecule has 1 aliphatic rings. The lowest BCUT2D eigenvalue weighted by molar-refractivity contribution is 0.234. The van der Waals surface area contributed by atoms with Gasteiger partial charge in [0.05, 0.1) is 6.54 Å². The molecular weight excluding hydrogens is 427 g/mol. The third kappa shape index (κ3) is 5.17. The highest BCUT2D eigenvalue weighted by molar-refractivity contribution is 14.0. The van der Waals surface area contributed by atoms with E-state index in [9.17, 15) is 0 Å². The second-order valence-electron chi connectivity index (χ2n) is 6.36. The van der Waals surface area contributed by atoms with Crippen molar-refractivity contribution >= 4 is 29.9 Å². The normalized spacial score (nSPS) is 20.9. The standard InChI is InChI=1S/C18H26N6.HI/c1-15-12-23(10-8-17(15)16-6-4-3-5-7-16)18(19-2)21-9-11-24-14-20-13-22-24;/h3-7,13-15,17H,8-12H2,1-2H3,(H,19,21);1H. The molecule has 0 saturated carbocycles. The van der Waals surface area contributed by atoms with Crippen molar-refractivity contribution in [2.45, 2.75) is 25.8 Å². The molecule has 2 heterocycles. The Labute approximate surface area is 166 Å². The van der Waals surface area contributed by atoms with Crippen molar-refractivity contribution in [3.05, 3.63) is 48.5 Å². The van der Waals surface area contributed by atoms with Crippen molar-refractivity contribution in [2.75, 3.05) is 26.7 Å². The Balaban J connectivity index is 0.00000225. The number of halogens is 1. The number of aliphatic imine (C=N–C) groups is 1. The van der Waals surface area contributed by atoms with Crippen LogP contribution in [0, 0.1) is 5.92 Å². The highest BCUT2D eigenvalue weighted by Crippen LogP contribution is 2.32. The molecule has 0 radical (unpaired) electrons. The summed E-state index contributed by atoms with van der Waals surface area (Å²) in [4.78, 5) is 10.8. The van der Waals surface area contributed by atoms with Gasteiger partial charge in [-0.3, -0.25) is 9.67 Å². The Morgan fingerprint density at radius 3 is 2.76 bits per heavy atom. The van der Waals surface area contributed by atoms with Gasteiger partial charge in [-0.2, -0.15) is 5.10 Å². The molecule has 2 atom stereocenters. The molecule has 2 aromatic rings. The first-order valence-electron chi connectivity index (χ1n) is 8.61. The second-order valence-corrected chi connectivity index (χ2v) is 6.36. The molecule has 6 nitrogen and oxygen atoms in total. The van der Waals surface area contributed by atoms with E-state index in [2.05, 4.69) is 62.5 Å². The summed E-state index contributed by atoms with van der Waals surface area (Å²) in [6.07, 6.45) is 4.46. The van der Waals surface area contributed by atoms with E-state index in [0.717, 1.165) is 38.6 Å². The highest BCUT2D eigenvalue weighted by atomic mass is 127. The van der Waals surface area contributed by atoms with Crippen molar-refractivity contribution in [1.82, 2.24) is 25.0 Å². The summed E-state index contributed by atoms with van der Waals surface area (Å²) in [5, 5.41) is 7.56. The number of nitrogens with zero attached hydrogens (tertiary/aromatic N) is 5. The van der Waals surface area contributed by atoms with E-state index in [1.165, 1.54) is 5.56 Å². The lowest BCUT2D eigenvalue weighted by atomic mass is 9.82. The number of likely N-dealkylation sites (tertiary alicyclic amines) is 1. The molecule has 0 spiro atoms. The zero-order valence-corrected chi connectivity index (χ0v) is 17.2. The van der Waals surface area contributed by atoms with Gasteiger partial charge >= 0.3 is 0 Å². The molecule has 1 saturated heterocycles. The Bertz CT molecular complexity index is 643. The van der Waals surface area contributed by atoms with Gasteiger partial charge in [0.25, 0.3) is 0 Å². The minimum absolute atomic E-state index is 0. The molecule has 1 aromatic carbocycles. The maximum atomic E-state index is 4.45. The van der Waals surface area contributed by atoms with Crippen LogP contribution in [0.4, 0.5) is 0 Å². The summed E-state index contributed by atoms with van der Waals surface area (Å²) in [6.45, 7) is 5.99. The van der Waals surface area contributed by atoms with Crippen molar-refractivity contribution in [1.29, 1.82) is 0 Å². The minimum Gasteiger partial charge on any atom is -0.354 e. The molecule has 2 unspecified atom stereocenters. The summed E-state index contributed by atoms with van der Waals surface area (Å²) < 4.78 is 1.82. The van der Waals surface area contributed by atoms with Crippen LogP contribution < -0.4 is 5.32 Å². The molecule has 7 heteroatoms. The van der Waals surface area contributed by atoms with E-state index in [4.69, 9.17) is 0 Å². The topological polar surface area (TPSA) is 58.3 Å². The van der Waals surface area contributed by atoms with Crippen LogP contribution in [0.5, 0.6) is 0 Å². The number of rotatable bonds is 4. The maximum Gasteiger partial charge on any atom is 0.193 e. The van der Waals surface area contributed by atoms with Crippen molar-refractivity contribution in [3.8, 4) is 0 Å². The Morgan fingerprint density at radius 2 is 2.12 bits per heavy atom. The summed E-state index contributed by atoms with van der Waals surface area (Å²) in [5.41, 5.74) is 1.46. The largest absolute Gasteiger partial charge is 0.354 e. The zero-order valence-electron chi connectivity index (χ0n) is 14.9. The fourth-order valence-electron chi connectivity index (χ4n) is 3.50. The molecule has 136 valence electrons. The fourth-order valence-corrected chi connectivity index (χ4v) is 3.50. The van der Waals surface area contributed by atoms with Crippen molar-refractivity contribution in [2.24, 2.45) is 10.9 Å². The van der Waals surface area contributed by atoms with Gasteiger partial charge in [0.1, 0.15) is 12.7 Å². The van der Waals surface area contributed by atoms with Crippen LogP contribution in [0.2, 0.25) is 0 Å². The van der Waals surface area contributed by atoms with Gasteiger partial charge in [0, 0.05) is 26.7 Å². The van der Waals surface area contributed by atoms with E-state index in [0.29, 0.717) is 11.8 Å². The second kappa shape index (κ2) is 9.74. The summed E-state index contributed by atoms with van der Waals surface area (Å²) >= 11 is 0. The lowest BCUT2D eigenvalue weighted by Crippen LogP contribution is -2.48. The third-order valence-electron chi connectivity index (χ3n) is 4.73. The van der Waals surface area contributed by atoms with Gasteiger partial charge in [-0.25, -0.2) is 4.98 Å². The number of piperidine rings is 1. The molecule has 0 amide bonds. The molecular formula is C18H27IN6. The lowest BCUT2D eigenvalue weighted by Gasteiger charge is -2.38. The van der Waals surface area contributed by atoms with Gasteiger partial charge in [0.15, 0.2) is 5.96 Å². The van der Waals surface area contributed by atoms with Crippen molar-refractivity contribution < 1.29 is 0 Å². The van der Waals surface area contributed by atoms with Gasteiger partial charge < -0.3 is 10.2 Å². The monoisotopic (exact) mass is 454 g/mol. The van der Waals surface area contributed by atoms with Crippen LogP contribution >= 0.6 is 24.0 Å². The molecule has 3 rings (SSSR count).